The lowest BCUT2D eigenvalue weighted by molar-refractivity contribution is -0.384. The van der Waals surface area contributed by atoms with E-state index in [0.29, 0.717) is 5.76 Å². The van der Waals surface area contributed by atoms with Crippen molar-refractivity contribution in [3.8, 4) is 0 Å². The first-order chi connectivity index (χ1) is 11.2. The van der Waals surface area contributed by atoms with E-state index in [1.54, 1.807) is 60.0 Å². The molecule has 0 aliphatic carbocycles. The number of hydrogen-bond acceptors (Lipinski definition) is 6. The number of hydrazone groups is 1. The lowest BCUT2D eigenvalue weighted by Crippen LogP contribution is -2.22. The Morgan fingerprint density at radius 1 is 1.35 bits per heavy atom. The van der Waals surface area contributed by atoms with Crippen molar-refractivity contribution in [1.29, 1.82) is 0 Å². The topological polar surface area (TPSA) is 98.5 Å². The summed E-state index contributed by atoms with van der Waals surface area (Å²) in [7, 11) is 0. The molecule has 2 heterocycles. The fourth-order valence-corrected chi connectivity index (χ4v) is 2.05. The molecule has 0 saturated carbocycles. The van der Waals surface area contributed by atoms with Crippen LogP contribution in [0, 0.1) is 10.1 Å². The third-order valence-corrected chi connectivity index (χ3v) is 3.17. The van der Waals surface area contributed by atoms with Crippen molar-refractivity contribution in [3.63, 3.8) is 0 Å². The SMILES string of the molecule is O=[N+]([O-])c1ccc(C(NN=Cc2ccco2)n2ccnc2)cc1. The van der Waals surface area contributed by atoms with Gasteiger partial charge in [0.25, 0.3) is 5.69 Å². The van der Waals surface area contributed by atoms with Crippen LogP contribution in [-0.4, -0.2) is 20.7 Å². The van der Waals surface area contributed by atoms with Gasteiger partial charge < -0.3 is 8.98 Å². The molecule has 1 N–H and O–H groups in total. The van der Waals surface area contributed by atoms with Crippen molar-refractivity contribution >= 4 is 11.9 Å². The van der Waals surface area contributed by atoms with Gasteiger partial charge >= 0.3 is 0 Å². The van der Waals surface area contributed by atoms with Crippen molar-refractivity contribution in [3.05, 3.63) is 82.8 Å². The van der Waals surface area contributed by atoms with E-state index in [9.17, 15) is 10.1 Å². The van der Waals surface area contributed by atoms with Crippen molar-refractivity contribution in [1.82, 2.24) is 15.0 Å². The van der Waals surface area contributed by atoms with Gasteiger partial charge in [0.2, 0.25) is 0 Å². The van der Waals surface area contributed by atoms with Crippen LogP contribution >= 0.6 is 0 Å². The molecule has 1 aromatic carbocycles. The number of hydrogen-bond donors (Lipinski definition) is 1. The predicted molar refractivity (Wildman–Crippen MR) is 82.9 cm³/mol. The van der Waals surface area contributed by atoms with E-state index in [-0.39, 0.29) is 11.9 Å². The first-order valence-electron chi connectivity index (χ1n) is 6.78. The molecule has 0 spiro atoms. The number of benzene rings is 1. The number of rotatable bonds is 6. The van der Waals surface area contributed by atoms with E-state index in [1.165, 1.54) is 12.1 Å². The maximum absolute atomic E-state index is 10.8. The average Bonchev–Trinajstić information content (AvgIpc) is 3.25. The predicted octanol–water partition coefficient (Wildman–Crippen LogP) is 2.55. The van der Waals surface area contributed by atoms with Crippen LogP contribution in [0.1, 0.15) is 17.5 Å². The lowest BCUT2D eigenvalue weighted by atomic mass is 10.1. The lowest BCUT2D eigenvalue weighted by Gasteiger charge is -2.18. The summed E-state index contributed by atoms with van der Waals surface area (Å²) < 4.78 is 6.98. The molecule has 8 heteroatoms. The number of aromatic nitrogens is 2. The summed E-state index contributed by atoms with van der Waals surface area (Å²) in [6.07, 6.45) is 7.84. The van der Waals surface area contributed by atoms with E-state index >= 15 is 0 Å². The maximum Gasteiger partial charge on any atom is 0.269 e. The molecular weight excluding hydrogens is 298 g/mol. The van der Waals surface area contributed by atoms with E-state index in [4.69, 9.17) is 4.42 Å². The van der Waals surface area contributed by atoms with Crippen LogP contribution in [0.2, 0.25) is 0 Å². The summed E-state index contributed by atoms with van der Waals surface area (Å²) >= 11 is 0. The summed E-state index contributed by atoms with van der Waals surface area (Å²) in [6.45, 7) is 0. The van der Waals surface area contributed by atoms with Gasteiger partial charge in [0.05, 0.1) is 23.7 Å². The average molecular weight is 311 g/mol. The Morgan fingerprint density at radius 2 is 2.17 bits per heavy atom. The molecule has 0 radical (unpaired) electrons. The van der Waals surface area contributed by atoms with E-state index < -0.39 is 4.92 Å². The Labute approximate surface area is 131 Å². The summed E-state index contributed by atoms with van der Waals surface area (Å²) in [4.78, 5) is 14.3. The number of imidazole rings is 1. The summed E-state index contributed by atoms with van der Waals surface area (Å²) in [5.41, 5.74) is 3.84. The minimum absolute atomic E-state index is 0.0391. The molecule has 3 aromatic rings. The fourth-order valence-electron chi connectivity index (χ4n) is 2.05. The second-order valence-electron chi connectivity index (χ2n) is 4.66. The molecule has 0 aliphatic heterocycles. The van der Waals surface area contributed by atoms with Gasteiger partial charge in [-0.1, -0.05) is 0 Å². The monoisotopic (exact) mass is 311 g/mol. The van der Waals surface area contributed by atoms with Gasteiger partial charge in [-0.15, -0.1) is 0 Å². The number of nitro benzene ring substituents is 1. The Hall–Kier alpha value is -3.42. The minimum atomic E-state index is -0.432. The van der Waals surface area contributed by atoms with Crippen molar-refractivity contribution in [2.75, 3.05) is 0 Å². The molecule has 1 unspecified atom stereocenters. The minimum Gasteiger partial charge on any atom is -0.463 e. The highest BCUT2D eigenvalue weighted by atomic mass is 16.6. The molecule has 0 aliphatic rings. The van der Waals surface area contributed by atoms with Gasteiger partial charge in [0.1, 0.15) is 11.9 Å². The van der Waals surface area contributed by atoms with Crippen LogP contribution < -0.4 is 5.43 Å². The van der Waals surface area contributed by atoms with Gasteiger partial charge in [-0.3, -0.25) is 15.5 Å². The molecule has 8 nitrogen and oxygen atoms in total. The van der Waals surface area contributed by atoms with Gasteiger partial charge in [-0.25, -0.2) is 4.98 Å². The zero-order chi connectivity index (χ0) is 16.1. The molecule has 0 bridgehead atoms. The van der Waals surface area contributed by atoms with E-state index in [0.717, 1.165) is 5.56 Å². The Bertz CT molecular complexity index is 779. The van der Waals surface area contributed by atoms with Crippen LogP contribution in [0.15, 0.2) is 70.9 Å². The molecule has 116 valence electrons. The molecule has 0 fully saturated rings. The van der Waals surface area contributed by atoms with Crippen LogP contribution in [-0.2, 0) is 0 Å². The van der Waals surface area contributed by atoms with E-state index in [2.05, 4.69) is 15.5 Å². The Balaban J connectivity index is 1.82. The van der Waals surface area contributed by atoms with Crippen molar-refractivity contribution in [2.45, 2.75) is 6.17 Å². The quantitative estimate of drug-likeness (QED) is 0.428. The van der Waals surface area contributed by atoms with Crippen molar-refractivity contribution in [2.24, 2.45) is 5.10 Å². The van der Waals surface area contributed by atoms with Gasteiger partial charge in [-0.05, 0) is 29.8 Å². The molecule has 3 rings (SSSR count). The third-order valence-electron chi connectivity index (χ3n) is 3.17. The summed E-state index contributed by atoms with van der Waals surface area (Å²) in [5, 5.41) is 14.9. The number of non-ortho nitro benzene ring substituents is 1. The first kappa shape index (κ1) is 14.5. The number of nitro groups is 1. The fraction of sp³-hybridized carbons (Fsp3) is 0.0667. The van der Waals surface area contributed by atoms with E-state index in [1.807, 2.05) is 0 Å². The smallest absolute Gasteiger partial charge is 0.269 e. The molecule has 2 aromatic heterocycles. The van der Waals surface area contributed by atoms with Gasteiger partial charge in [-0.2, -0.15) is 5.10 Å². The summed E-state index contributed by atoms with van der Waals surface area (Å²) in [5.74, 6) is 0.616. The van der Waals surface area contributed by atoms with Crippen LogP contribution in [0.4, 0.5) is 5.69 Å². The van der Waals surface area contributed by atoms with Crippen LogP contribution in [0.5, 0.6) is 0 Å². The van der Waals surface area contributed by atoms with Crippen molar-refractivity contribution < 1.29 is 9.34 Å². The number of nitrogens with zero attached hydrogens (tertiary/aromatic N) is 4. The number of furan rings is 1. The molecule has 0 saturated heterocycles. The second kappa shape index (κ2) is 6.56. The highest BCUT2D eigenvalue weighted by Gasteiger charge is 2.14. The van der Waals surface area contributed by atoms with Gasteiger partial charge in [0.15, 0.2) is 0 Å². The zero-order valence-electron chi connectivity index (χ0n) is 11.9. The Morgan fingerprint density at radius 3 is 2.78 bits per heavy atom. The van der Waals surface area contributed by atoms with Gasteiger partial charge in [0, 0.05) is 24.5 Å². The molecule has 1 atom stereocenters. The second-order valence-corrected chi connectivity index (χ2v) is 4.66. The molecule has 0 amide bonds. The maximum atomic E-state index is 10.8. The highest BCUT2D eigenvalue weighted by molar-refractivity contribution is 5.75. The van der Waals surface area contributed by atoms with Crippen LogP contribution in [0.3, 0.4) is 0 Å². The highest BCUT2D eigenvalue weighted by Crippen LogP contribution is 2.19. The summed E-state index contributed by atoms with van der Waals surface area (Å²) in [6, 6.07) is 9.82. The standard InChI is InChI=1S/C15H13N5O3/c21-20(22)13-5-3-12(4-6-13)15(19-8-7-16-11-19)18-17-10-14-2-1-9-23-14/h1-11,15,18H. The van der Waals surface area contributed by atoms with Crippen LogP contribution in [0.25, 0.3) is 0 Å². The molecular formula is C15H13N5O3. The number of nitrogens with one attached hydrogen (secondary N) is 1. The Kier molecular flexibility index (Phi) is 4.14. The normalized spacial score (nSPS) is 12.3. The first-order valence-corrected chi connectivity index (χ1v) is 6.78. The zero-order valence-corrected chi connectivity index (χ0v) is 11.9. The largest absolute Gasteiger partial charge is 0.463 e. The third kappa shape index (κ3) is 3.43. The molecule has 23 heavy (non-hydrogen) atoms.